The molecule has 1 saturated heterocycles. The first-order chi connectivity index (χ1) is 6.00. The Morgan fingerprint density at radius 2 is 2.31 bits per heavy atom. The lowest BCUT2D eigenvalue weighted by Gasteiger charge is -2.17. The van der Waals surface area contributed by atoms with Crippen LogP contribution in [0.15, 0.2) is 0 Å². The fourth-order valence-corrected chi connectivity index (χ4v) is 1.69. The molecule has 3 nitrogen and oxygen atoms in total. The molecule has 0 spiro atoms. The van der Waals surface area contributed by atoms with E-state index in [1.165, 1.54) is 0 Å². The number of carbonyl (C=O) groups excluding carboxylic acids is 2. The number of likely N-dealkylation sites (tertiary alicyclic amines) is 1. The van der Waals surface area contributed by atoms with Crippen LogP contribution in [0.4, 0.5) is 0 Å². The van der Waals surface area contributed by atoms with Crippen molar-refractivity contribution in [2.45, 2.75) is 20.3 Å². The molecule has 0 aromatic rings. The molecule has 1 rings (SSSR count). The van der Waals surface area contributed by atoms with Gasteiger partial charge in [-0.1, -0.05) is 13.8 Å². The first-order valence-electron chi connectivity index (χ1n) is 4.47. The molecule has 1 aliphatic rings. The predicted molar refractivity (Wildman–Crippen MR) is 50.4 cm³/mol. The molecule has 0 saturated carbocycles. The van der Waals surface area contributed by atoms with Gasteiger partial charge in [-0.25, -0.2) is 0 Å². The molecular formula is C9H14ClNO2. The van der Waals surface area contributed by atoms with Crippen molar-refractivity contribution in [3.63, 3.8) is 0 Å². The number of amides is 1. The summed E-state index contributed by atoms with van der Waals surface area (Å²) in [7, 11) is 0. The highest BCUT2D eigenvalue weighted by molar-refractivity contribution is 6.64. The Labute approximate surface area is 83.0 Å². The fraction of sp³-hybridized carbons (Fsp3) is 0.778. The van der Waals surface area contributed by atoms with Crippen LogP contribution >= 0.6 is 11.6 Å². The van der Waals surface area contributed by atoms with E-state index < -0.39 is 0 Å². The lowest BCUT2D eigenvalue weighted by molar-refractivity contribution is -0.128. The number of carbonyl (C=O) groups is 2. The predicted octanol–water partition coefficient (Wildman–Crippen LogP) is 1.26. The largest absolute Gasteiger partial charge is 0.342 e. The van der Waals surface area contributed by atoms with Gasteiger partial charge in [-0.2, -0.15) is 0 Å². The molecule has 0 aliphatic carbocycles. The van der Waals surface area contributed by atoms with Crippen LogP contribution in [0, 0.1) is 11.8 Å². The molecule has 0 aromatic heterocycles. The zero-order chi connectivity index (χ0) is 10.0. The first-order valence-corrected chi connectivity index (χ1v) is 4.85. The quantitative estimate of drug-likeness (QED) is 0.648. The van der Waals surface area contributed by atoms with E-state index in [9.17, 15) is 9.59 Å². The summed E-state index contributed by atoms with van der Waals surface area (Å²) in [5.74, 6) is 0.203. The normalized spacial score (nSPS) is 22.9. The Morgan fingerprint density at radius 3 is 2.69 bits per heavy atom. The summed E-state index contributed by atoms with van der Waals surface area (Å²) in [5, 5.41) is -0.389. The monoisotopic (exact) mass is 203 g/mol. The average molecular weight is 204 g/mol. The van der Waals surface area contributed by atoms with Gasteiger partial charge in [0.15, 0.2) is 0 Å². The number of nitrogens with zero attached hydrogens (tertiary/aromatic N) is 1. The summed E-state index contributed by atoms with van der Waals surface area (Å²) in [6.45, 7) is 5.31. The van der Waals surface area contributed by atoms with Crippen LogP contribution in [0.25, 0.3) is 0 Å². The van der Waals surface area contributed by atoms with Crippen LogP contribution in [-0.2, 0) is 9.59 Å². The van der Waals surface area contributed by atoms with E-state index in [2.05, 4.69) is 0 Å². The fourth-order valence-electron chi connectivity index (χ4n) is 1.54. The Bertz CT molecular complexity index is 228. The van der Waals surface area contributed by atoms with Gasteiger partial charge in [0.05, 0.1) is 5.92 Å². The van der Waals surface area contributed by atoms with Crippen LogP contribution in [-0.4, -0.2) is 29.1 Å². The van der Waals surface area contributed by atoms with Gasteiger partial charge in [-0.3, -0.25) is 9.59 Å². The highest BCUT2D eigenvalue weighted by atomic mass is 35.5. The Kier molecular flexibility index (Phi) is 3.31. The second-order valence-electron chi connectivity index (χ2n) is 3.90. The van der Waals surface area contributed by atoms with Gasteiger partial charge in [0.1, 0.15) is 0 Å². The summed E-state index contributed by atoms with van der Waals surface area (Å²) in [6.07, 6.45) is 0.287. The molecule has 1 atom stereocenters. The van der Waals surface area contributed by atoms with Crippen LogP contribution < -0.4 is 0 Å². The highest BCUT2D eigenvalue weighted by Crippen LogP contribution is 2.20. The lowest BCUT2D eigenvalue weighted by Crippen LogP contribution is -2.29. The van der Waals surface area contributed by atoms with Crippen molar-refractivity contribution < 1.29 is 9.59 Å². The number of halogens is 1. The maximum Gasteiger partial charge on any atom is 0.227 e. The van der Waals surface area contributed by atoms with Crippen LogP contribution in [0.5, 0.6) is 0 Å². The summed E-state index contributed by atoms with van der Waals surface area (Å²) < 4.78 is 0. The van der Waals surface area contributed by atoms with Crippen LogP contribution in [0.3, 0.4) is 0 Å². The zero-order valence-corrected chi connectivity index (χ0v) is 8.67. The minimum Gasteiger partial charge on any atom is -0.342 e. The van der Waals surface area contributed by atoms with Crippen molar-refractivity contribution in [3.05, 3.63) is 0 Å². The third kappa shape index (κ3) is 2.69. The van der Waals surface area contributed by atoms with E-state index >= 15 is 0 Å². The van der Waals surface area contributed by atoms with E-state index in [0.717, 1.165) is 6.54 Å². The van der Waals surface area contributed by atoms with Crippen molar-refractivity contribution in [2.75, 3.05) is 13.1 Å². The van der Waals surface area contributed by atoms with Gasteiger partial charge >= 0.3 is 0 Å². The molecule has 1 heterocycles. The summed E-state index contributed by atoms with van der Waals surface area (Å²) in [4.78, 5) is 23.9. The number of rotatable bonds is 3. The Hall–Kier alpha value is -0.570. The van der Waals surface area contributed by atoms with E-state index in [4.69, 9.17) is 11.6 Å². The van der Waals surface area contributed by atoms with E-state index in [-0.39, 0.29) is 23.5 Å². The summed E-state index contributed by atoms with van der Waals surface area (Å²) in [5.41, 5.74) is 0. The van der Waals surface area contributed by atoms with Crippen LogP contribution in [0.2, 0.25) is 0 Å². The van der Waals surface area contributed by atoms with E-state index in [1.54, 1.807) is 4.90 Å². The van der Waals surface area contributed by atoms with Gasteiger partial charge in [-0.15, -0.1) is 0 Å². The Balaban J connectivity index is 2.51. The lowest BCUT2D eigenvalue weighted by atomic mass is 10.1. The SMILES string of the molecule is CC(C)CN1CC(C(=O)Cl)CC1=O. The minimum absolute atomic E-state index is 0.0488. The molecule has 4 heteroatoms. The third-order valence-corrected chi connectivity index (χ3v) is 2.43. The van der Waals surface area contributed by atoms with E-state index in [0.29, 0.717) is 12.5 Å². The highest BCUT2D eigenvalue weighted by Gasteiger charge is 2.33. The van der Waals surface area contributed by atoms with Gasteiger partial charge in [-0.05, 0) is 17.5 Å². The standard InChI is InChI=1S/C9H14ClNO2/c1-6(2)4-11-5-7(9(10)13)3-8(11)12/h6-7H,3-5H2,1-2H3. The molecule has 1 unspecified atom stereocenters. The molecule has 0 aromatic carbocycles. The second kappa shape index (κ2) is 4.09. The molecule has 1 fully saturated rings. The molecule has 0 N–H and O–H groups in total. The van der Waals surface area contributed by atoms with Crippen molar-refractivity contribution in [1.29, 1.82) is 0 Å². The van der Waals surface area contributed by atoms with Gasteiger partial charge in [0, 0.05) is 19.5 Å². The maximum absolute atomic E-state index is 11.3. The van der Waals surface area contributed by atoms with Crippen molar-refractivity contribution in [2.24, 2.45) is 11.8 Å². The maximum atomic E-state index is 11.3. The number of hydrogen-bond donors (Lipinski definition) is 0. The molecule has 13 heavy (non-hydrogen) atoms. The molecule has 74 valence electrons. The first kappa shape index (κ1) is 10.5. The summed E-state index contributed by atoms with van der Waals surface area (Å²) in [6, 6.07) is 0. The minimum atomic E-state index is -0.389. The summed E-state index contributed by atoms with van der Waals surface area (Å²) >= 11 is 5.33. The van der Waals surface area contributed by atoms with Gasteiger partial charge in [0.2, 0.25) is 11.1 Å². The molecule has 0 bridgehead atoms. The zero-order valence-electron chi connectivity index (χ0n) is 7.92. The van der Waals surface area contributed by atoms with Crippen LogP contribution in [0.1, 0.15) is 20.3 Å². The van der Waals surface area contributed by atoms with Crippen molar-refractivity contribution in [1.82, 2.24) is 4.90 Å². The van der Waals surface area contributed by atoms with Gasteiger partial charge < -0.3 is 4.90 Å². The second-order valence-corrected chi connectivity index (χ2v) is 4.27. The van der Waals surface area contributed by atoms with E-state index in [1.807, 2.05) is 13.8 Å². The molecule has 1 amide bonds. The topological polar surface area (TPSA) is 37.4 Å². The smallest absolute Gasteiger partial charge is 0.227 e. The van der Waals surface area contributed by atoms with Crippen molar-refractivity contribution >= 4 is 22.8 Å². The molecule has 1 aliphatic heterocycles. The number of hydrogen-bond acceptors (Lipinski definition) is 2. The average Bonchev–Trinajstić information content (AvgIpc) is 2.31. The third-order valence-electron chi connectivity index (χ3n) is 2.12. The molecule has 0 radical (unpaired) electrons. The Morgan fingerprint density at radius 1 is 1.69 bits per heavy atom. The van der Waals surface area contributed by atoms with Crippen molar-refractivity contribution in [3.8, 4) is 0 Å². The van der Waals surface area contributed by atoms with Gasteiger partial charge in [0.25, 0.3) is 0 Å². The molecular weight excluding hydrogens is 190 g/mol.